The summed E-state index contributed by atoms with van der Waals surface area (Å²) >= 11 is 0. The van der Waals surface area contributed by atoms with E-state index in [9.17, 15) is 5.11 Å². The Kier molecular flexibility index (Phi) is 6.15. The third-order valence-corrected chi connectivity index (χ3v) is 5.53. The van der Waals surface area contributed by atoms with E-state index in [1.165, 1.54) is 58.0 Å². The van der Waals surface area contributed by atoms with Crippen molar-refractivity contribution in [2.45, 2.75) is 71.3 Å². The molecule has 112 valence electrons. The lowest BCUT2D eigenvalue weighted by Crippen LogP contribution is -2.42. The van der Waals surface area contributed by atoms with Crippen molar-refractivity contribution in [1.29, 1.82) is 0 Å². The fourth-order valence-corrected chi connectivity index (χ4v) is 4.12. The number of aliphatic hydroxyl groups is 1. The molecule has 3 unspecified atom stereocenters. The summed E-state index contributed by atoms with van der Waals surface area (Å²) in [5.74, 6) is 2.38. The van der Waals surface area contributed by atoms with Crippen LogP contribution in [0.1, 0.15) is 65.2 Å². The fourth-order valence-electron chi connectivity index (χ4n) is 4.12. The van der Waals surface area contributed by atoms with Crippen molar-refractivity contribution in [3.8, 4) is 0 Å². The van der Waals surface area contributed by atoms with Crippen molar-refractivity contribution in [2.24, 2.45) is 17.8 Å². The van der Waals surface area contributed by atoms with Gasteiger partial charge in [-0.25, -0.2) is 0 Å². The first-order chi connectivity index (χ1) is 9.22. The highest BCUT2D eigenvalue weighted by Gasteiger charge is 2.30. The van der Waals surface area contributed by atoms with Crippen LogP contribution in [0.4, 0.5) is 0 Å². The Morgan fingerprint density at radius 3 is 2.37 bits per heavy atom. The monoisotopic (exact) mass is 267 g/mol. The maximum absolute atomic E-state index is 10.3. The van der Waals surface area contributed by atoms with Gasteiger partial charge in [0, 0.05) is 6.54 Å². The van der Waals surface area contributed by atoms with E-state index in [0.717, 1.165) is 24.8 Å². The molecule has 0 aromatic carbocycles. The average Bonchev–Trinajstić information content (AvgIpc) is 2.44. The Morgan fingerprint density at radius 2 is 1.74 bits per heavy atom. The zero-order valence-corrected chi connectivity index (χ0v) is 13.0. The zero-order chi connectivity index (χ0) is 13.7. The minimum absolute atomic E-state index is 0.0306. The molecule has 0 aromatic rings. The summed E-state index contributed by atoms with van der Waals surface area (Å²) in [5, 5.41) is 10.3. The third kappa shape index (κ3) is 4.46. The molecule has 1 aliphatic heterocycles. The van der Waals surface area contributed by atoms with Crippen molar-refractivity contribution in [3.63, 3.8) is 0 Å². The van der Waals surface area contributed by atoms with Crippen LogP contribution in [0.25, 0.3) is 0 Å². The largest absolute Gasteiger partial charge is 0.393 e. The molecule has 0 bridgehead atoms. The van der Waals surface area contributed by atoms with Crippen molar-refractivity contribution < 1.29 is 5.11 Å². The number of hydrogen-bond acceptors (Lipinski definition) is 2. The summed E-state index contributed by atoms with van der Waals surface area (Å²) in [7, 11) is 0. The molecule has 1 N–H and O–H groups in total. The van der Waals surface area contributed by atoms with E-state index in [2.05, 4.69) is 18.7 Å². The van der Waals surface area contributed by atoms with Crippen LogP contribution < -0.4 is 0 Å². The Labute approximate surface area is 119 Å². The first-order valence-corrected chi connectivity index (χ1v) is 8.63. The van der Waals surface area contributed by atoms with Crippen LogP contribution in [-0.4, -0.2) is 35.7 Å². The van der Waals surface area contributed by atoms with Gasteiger partial charge in [0.2, 0.25) is 0 Å². The van der Waals surface area contributed by atoms with Gasteiger partial charge < -0.3 is 10.0 Å². The van der Waals surface area contributed by atoms with Crippen LogP contribution >= 0.6 is 0 Å². The summed E-state index contributed by atoms with van der Waals surface area (Å²) in [4.78, 5) is 2.62. The van der Waals surface area contributed by atoms with Gasteiger partial charge in [0.05, 0.1) is 6.10 Å². The van der Waals surface area contributed by atoms with E-state index in [4.69, 9.17) is 0 Å². The normalized spacial score (nSPS) is 34.6. The van der Waals surface area contributed by atoms with Gasteiger partial charge in [-0.15, -0.1) is 0 Å². The van der Waals surface area contributed by atoms with Crippen LogP contribution in [-0.2, 0) is 0 Å². The van der Waals surface area contributed by atoms with Gasteiger partial charge in [-0.2, -0.15) is 0 Å². The maximum Gasteiger partial charge on any atom is 0.0580 e. The predicted molar refractivity (Wildman–Crippen MR) is 81.2 cm³/mol. The molecule has 1 saturated heterocycles. The van der Waals surface area contributed by atoms with E-state index in [0.29, 0.717) is 5.92 Å². The highest BCUT2D eigenvalue weighted by Crippen LogP contribution is 2.33. The second-order valence-corrected chi connectivity index (χ2v) is 6.95. The van der Waals surface area contributed by atoms with Crippen LogP contribution in [0.5, 0.6) is 0 Å². The zero-order valence-electron chi connectivity index (χ0n) is 13.0. The lowest BCUT2D eigenvalue weighted by atomic mass is 9.77. The molecule has 2 heteroatoms. The molecule has 2 aliphatic rings. The number of piperidine rings is 1. The minimum atomic E-state index is -0.0306. The fraction of sp³-hybridized carbons (Fsp3) is 1.00. The molecular weight excluding hydrogens is 234 g/mol. The number of hydrogen-bond donors (Lipinski definition) is 1. The second kappa shape index (κ2) is 7.64. The topological polar surface area (TPSA) is 23.5 Å². The quantitative estimate of drug-likeness (QED) is 0.821. The molecule has 1 aliphatic carbocycles. The Bertz CT molecular complexity index is 248. The standard InChI is InChI=1S/C17H33NO/c1-3-5-15-6-7-17(19)16(12-15)13-18-10-8-14(4-2)9-11-18/h14-17,19H,3-13H2,1-2H3. The Hall–Kier alpha value is -0.0800. The lowest BCUT2D eigenvalue weighted by Gasteiger charge is -2.39. The van der Waals surface area contributed by atoms with E-state index in [1.54, 1.807) is 0 Å². The highest BCUT2D eigenvalue weighted by molar-refractivity contribution is 4.83. The molecule has 2 rings (SSSR count). The van der Waals surface area contributed by atoms with Gasteiger partial charge in [0.15, 0.2) is 0 Å². The predicted octanol–water partition coefficient (Wildman–Crippen LogP) is 3.69. The SMILES string of the molecule is CCCC1CCC(O)C(CN2CCC(CC)CC2)C1. The Balaban J connectivity index is 1.77. The molecule has 2 fully saturated rings. The molecule has 0 spiro atoms. The van der Waals surface area contributed by atoms with E-state index < -0.39 is 0 Å². The minimum Gasteiger partial charge on any atom is -0.393 e. The van der Waals surface area contributed by atoms with Crippen molar-refractivity contribution >= 4 is 0 Å². The van der Waals surface area contributed by atoms with Crippen molar-refractivity contribution in [2.75, 3.05) is 19.6 Å². The maximum atomic E-state index is 10.3. The van der Waals surface area contributed by atoms with E-state index in [1.807, 2.05) is 0 Å². The first kappa shape index (κ1) is 15.3. The molecule has 0 radical (unpaired) electrons. The van der Waals surface area contributed by atoms with Crippen LogP contribution in [0.3, 0.4) is 0 Å². The van der Waals surface area contributed by atoms with E-state index >= 15 is 0 Å². The number of aliphatic hydroxyl groups excluding tert-OH is 1. The van der Waals surface area contributed by atoms with Crippen LogP contribution in [0.15, 0.2) is 0 Å². The van der Waals surface area contributed by atoms with Gasteiger partial charge in [0.25, 0.3) is 0 Å². The molecule has 0 aromatic heterocycles. The van der Waals surface area contributed by atoms with Crippen LogP contribution in [0, 0.1) is 17.8 Å². The highest BCUT2D eigenvalue weighted by atomic mass is 16.3. The molecule has 1 saturated carbocycles. The third-order valence-electron chi connectivity index (χ3n) is 5.53. The van der Waals surface area contributed by atoms with Gasteiger partial charge in [0.1, 0.15) is 0 Å². The summed E-state index contributed by atoms with van der Waals surface area (Å²) < 4.78 is 0. The summed E-state index contributed by atoms with van der Waals surface area (Å²) in [6.07, 6.45) is 10.3. The van der Waals surface area contributed by atoms with Gasteiger partial charge in [-0.05, 0) is 62.9 Å². The number of nitrogens with zero attached hydrogens (tertiary/aromatic N) is 1. The summed E-state index contributed by atoms with van der Waals surface area (Å²) in [5.41, 5.74) is 0. The first-order valence-electron chi connectivity index (χ1n) is 8.63. The van der Waals surface area contributed by atoms with E-state index in [-0.39, 0.29) is 6.10 Å². The molecule has 19 heavy (non-hydrogen) atoms. The van der Waals surface area contributed by atoms with Gasteiger partial charge in [-0.3, -0.25) is 0 Å². The summed E-state index contributed by atoms with van der Waals surface area (Å²) in [6.45, 7) is 8.29. The number of likely N-dealkylation sites (tertiary alicyclic amines) is 1. The Morgan fingerprint density at radius 1 is 1.00 bits per heavy atom. The van der Waals surface area contributed by atoms with Gasteiger partial charge >= 0.3 is 0 Å². The molecule has 3 atom stereocenters. The second-order valence-electron chi connectivity index (χ2n) is 6.95. The van der Waals surface area contributed by atoms with Gasteiger partial charge in [-0.1, -0.05) is 33.1 Å². The van der Waals surface area contributed by atoms with Crippen molar-refractivity contribution in [1.82, 2.24) is 4.90 Å². The molecule has 2 nitrogen and oxygen atoms in total. The summed E-state index contributed by atoms with van der Waals surface area (Å²) in [6, 6.07) is 0. The van der Waals surface area contributed by atoms with Crippen molar-refractivity contribution in [3.05, 3.63) is 0 Å². The average molecular weight is 267 g/mol. The molecule has 1 heterocycles. The molecule has 0 amide bonds. The number of rotatable bonds is 5. The smallest absolute Gasteiger partial charge is 0.0580 e. The molecular formula is C17H33NO. The lowest BCUT2D eigenvalue weighted by molar-refractivity contribution is 0.0192. The van der Waals surface area contributed by atoms with Crippen LogP contribution in [0.2, 0.25) is 0 Å².